The van der Waals surface area contributed by atoms with Gasteiger partial charge in [0.25, 0.3) is 0 Å². The van der Waals surface area contributed by atoms with E-state index in [1.165, 1.54) is 64.2 Å². The van der Waals surface area contributed by atoms with Gasteiger partial charge in [0.15, 0.2) is 0 Å². The fourth-order valence-corrected chi connectivity index (χ4v) is 3.94. The summed E-state index contributed by atoms with van der Waals surface area (Å²) in [4.78, 5) is 0. The molecular weight excluding hydrogens is 420 g/mol. The molecule has 0 aromatic heterocycles. The van der Waals surface area contributed by atoms with Gasteiger partial charge in [-0.25, -0.2) is 8.37 Å². The lowest BCUT2D eigenvalue weighted by Crippen LogP contribution is -2.20. The molecule has 0 unspecified atom stereocenters. The molecule has 0 atom stereocenters. The van der Waals surface area contributed by atoms with Gasteiger partial charge < -0.3 is 0 Å². The van der Waals surface area contributed by atoms with Gasteiger partial charge in [-0.3, -0.25) is 9.11 Å². The zero-order valence-electron chi connectivity index (χ0n) is 17.8. The van der Waals surface area contributed by atoms with Crippen molar-refractivity contribution < 1.29 is 34.3 Å². The standard InChI is InChI=1S/C19H40O8S2/c1-2-3-4-5-6-7-8-9-10-11-12-13-14-15-16-19(17-26-28(20,21)22)18-27-29(23,24)25/h19H,2-18H2,1H3,(H,20,21,22)(H,23,24,25). The average Bonchev–Trinajstić information content (AvgIpc) is 2.62. The van der Waals surface area contributed by atoms with Crippen LogP contribution >= 0.6 is 0 Å². The van der Waals surface area contributed by atoms with Crippen LogP contribution in [0.15, 0.2) is 0 Å². The van der Waals surface area contributed by atoms with Crippen molar-refractivity contribution in [3.8, 4) is 0 Å². The van der Waals surface area contributed by atoms with Gasteiger partial charge in [-0.1, -0.05) is 96.8 Å². The van der Waals surface area contributed by atoms with Crippen LogP contribution in [0.1, 0.15) is 103 Å². The van der Waals surface area contributed by atoms with Crippen LogP contribution < -0.4 is 0 Å². The SMILES string of the molecule is CCCCCCCCCCCCCCCCC(COS(=O)(=O)O)COS(=O)(=O)O. The fraction of sp³-hybridized carbons (Fsp3) is 1.00. The molecule has 0 aliphatic heterocycles. The van der Waals surface area contributed by atoms with E-state index >= 15 is 0 Å². The quantitative estimate of drug-likeness (QED) is 0.179. The highest BCUT2D eigenvalue weighted by Crippen LogP contribution is 2.16. The van der Waals surface area contributed by atoms with E-state index in [0.29, 0.717) is 6.42 Å². The first-order valence-corrected chi connectivity index (χ1v) is 13.6. The van der Waals surface area contributed by atoms with E-state index in [1.54, 1.807) is 0 Å². The maximum Gasteiger partial charge on any atom is 0.397 e. The van der Waals surface area contributed by atoms with E-state index in [1.807, 2.05) is 0 Å². The van der Waals surface area contributed by atoms with Crippen LogP contribution in [0.3, 0.4) is 0 Å². The molecule has 0 radical (unpaired) electrons. The summed E-state index contributed by atoms with van der Waals surface area (Å²) in [6.07, 6.45) is 17.5. The first-order valence-electron chi connectivity index (χ1n) is 10.9. The second kappa shape index (κ2) is 17.4. The Labute approximate surface area is 177 Å². The minimum absolute atomic E-state index is 0.396. The van der Waals surface area contributed by atoms with Crippen LogP contribution in [0.4, 0.5) is 0 Å². The zero-order chi connectivity index (χ0) is 22.0. The van der Waals surface area contributed by atoms with Crippen molar-refractivity contribution in [1.82, 2.24) is 0 Å². The molecule has 176 valence electrons. The Morgan fingerprint density at radius 3 is 1.21 bits per heavy atom. The first-order chi connectivity index (χ1) is 13.6. The van der Waals surface area contributed by atoms with Crippen molar-refractivity contribution in [2.24, 2.45) is 5.92 Å². The van der Waals surface area contributed by atoms with E-state index in [-0.39, 0.29) is 0 Å². The van der Waals surface area contributed by atoms with Crippen LogP contribution in [0.2, 0.25) is 0 Å². The highest BCUT2D eigenvalue weighted by Gasteiger charge is 2.17. The molecule has 0 aliphatic rings. The third-order valence-electron chi connectivity index (χ3n) is 4.87. The van der Waals surface area contributed by atoms with Crippen molar-refractivity contribution in [2.75, 3.05) is 13.2 Å². The van der Waals surface area contributed by atoms with Gasteiger partial charge >= 0.3 is 20.8 Å². The summed E-state index contributed by atoms with van der Waals surface area (Å²) >= 11 is 0. The predicted molar refractivity (Wildman–Crippen MR) is 113 cm³/mol. The Morgan fingerprint density at radius 1 is 0.586 bits per heavy atom. The highest BCUT2D eigenvalue weighted by atomic mass is 32.3. The van der Waals surface area contributed by atoms with Crippen LogP contribution in [0.25, 0.3) is 0 Å². The minimum atomic E-state index is -4.60. The molecule has 2 N–H and O–H groups in total. The predicted octanol–water partition coefficient (Wildman–Crippen LogP) is 5.11. The van der Waals surface area contributed by atoms with Crippen LogP contribution in [0.5, 0.6) is 0 Å². The molecule has 10 heteroatoms. The van der Waals surface area contributed by atoms with Crippen LogP contribution in [0, 0.1) is 5.92 Å². The van der Waals surface area contributed by atoms with E-state index in [4.69, 9.17) is 9.11 Å². The van der Waals surface area contributed by atoms with E-state index in [2.05, 4.69) is 15.3 Å². The summed E-state index contributed by atoms with van der Waals surface area (Å²) in [5, 5.41) is 0. The summed E-state index contributed by atoms with van der Waals surface area (Å²) in [7, 11) is -9.20. The normalized spacial score (nSPS) is 12.7. The first kappa shape index (κ1) is 28.7. The minimum Gasteiger partial charge on any atom is -0.264 e. The van der Waals surface area contributed by atoms with Gasteiger partial charge in [-0.2, -0.15) is 16.8 Å². The van der Waals surface area contributed by atoms with Crippen LogP contribution in [-0.4, -0.2) is 39.2 Å². The molecule has 0 bridgehead atoms. The van der Waals surface area contributed by atoms with Crippen molar-refractivity contribution in [2.45, 2.75) is 103 Å². The molecular formula is C19H40O8S2. The molecule has 29 heavy (non-hydrogen) atoms. The Bertz CT molecular complexity index is 539. The summed E-state index contributed by atoms with van der Waals surface area (Å²) in [5.74, 6) is -0.559. The zero-order valence-corrected chi connectivity index (χ0v) is 19.4. The molecule has 0 saturated heterocycles. The smallest absolute Gasteiger partial charge is 0.264 e. The lowest BCUT2D eigenvalue weighted by molar-refractivity contribution is 0.152. The molecule has 0 heterocycles. The number of hydrogen-bond donors (Lipinski definition) is 2. The van der Waals surface area contributed by atoms with Crippen LogP contribution in [-0.2, 0) is 29.2 Å². The van der Waals surface area contributed by atoms with Crippen molar-refractivity contribution in [3.63, 3.8) is 0 Å². The monoisotopic (exact) mass is 460 g/mol. The molecule has 0 spiro atoms. The largest absolute Gasteiger partial charge is 0.397 e. The molecule has 0 rings (SSSR count). The molecule has 0 aliphatic carbocycles. The maximum absolute atomic E-state index is 10.7. The lowest BCUT2D eigenvalue weighted by Gasteiger charge is -2.14. The van der Waals surface area contributed by atoms with E-state index < -0.39 is 39.9 Å². The molecule has 8 nitrogen and oxygen atoms in total. The summed E-state index contributed by atoms with van der Waals surface area (Å²) in [6, 6.07) is 0. The second-order valence-corrected chi connectivity index (χ2v) is 9.86. The third-order valence-corrected chi connectivity index (χ3v) is 5.74. The molecule has 0 aromatic rings. The summed E-state index contributed by atoms with van der Waals surface area (Å²) in [5.41, 5.74) is 0. The van der Waals surface area contributed by atoms with Crippen molar-refractivity contribution in [3.05, 3.63) is 0 Å². The van der Waals surface area contributed by atoms with Gasteiger partial charge in [0, 0.05) is 5.92 Å². The summed E-state index contributed by atoms with van der Waals surface area (Å²) < 4.78 is 68.5. The number of rotatable bonds is 21. The Kier molecular flexibility index (Phi) is 17.3. The van der Waals surface area contributed by atoms with Gasteiger partial charge in [0.05, 0.1) is 13.2 Å². The highest BCUT2D eigenvalue weighted by molar-refractivity contribution is 7.81. The Morgan fingerprint density at radius 2 is 0.897 bits per heavy atom. The molecule has 0 amide bonds. The molecule has 0 fully saturated rings. The maximum atomic E-state index is 10.7. The second-order valence-electron chi connectivity index (χ2n) is 7.68. The van der Waals surface area contributed by atoms with Gasteiger partial charge in [-0.05, 0) is 6.42 Å². The van der Waals surface area contributed by atoms with Crippen molar-refractivity contribution >= 4 is 20.8 Å². The van der Waals surface area contributed by atoms with E-state index in [9.17, 15) is 16.8 Å². The van der Waals surface area contributed by atoms with Gasteiger partial charge in [0.1, 0.15) is 0 Å². The molecule has 0 saturated carbocycles. The number of unbranched alkanes of at least 4 members (excludes halogenated alkanes) is 13. The van der Waals surface area contributed by atoms with Crippen molar-refractivity contribution in [1.29, 1.82) is 0 Å². The van der Waals surface area contributed by atoms with E-state index in [0.717, 1.165) is 25.7 Å². The molecule has 0 aromatic carbocycles. The summed E-state index contributed by atoms with van der Waals surface area (Å²) in [6.45, 7) is 1.44. The Balaban J connectivity index is 3.70. The fourth-order valence-electron chi connectivity index (χ4n) is 3.21. The third kappa shape index (κ3) is 23.9. The topological polar surface area (TPSA) is 127 Å². The van der Waals surface area contributed by atoms with Gasteiger partial charge in [-0.15, -0.1) is 0 Å². The number of hydrogen-bond acceptors (Lipinski definition) is 6. The Hall–Kier alpha value is -0.260. The lowest BCUT2D eigenvalue weighted by atomic mass is 10.0. The van der Waals surface area contributed by atoms with Gasteiger partial charge in [0.2, 0.25) is 0 Å². The average molecular weight is 461 g/mol.